The molecule has 0 fully saturated rings. The molecule has 0 spiro atoms. The van der Waals surface area contributed by atoms with E-state index in [1.165, 1.54) is 6.07 Å². The second-order valence-corrected chi connectivity index (χ2v) is 9.47. The zero-order valence-corrected chi connectivity index (χ0v) is 21.0. The van der Waals surface area contributed by atoms with Crippen molar-refractivity contribution in [2.45, 2.75) is 44.4 Å². The van der Waals surface area contributed by atoms with Gasteiger partial charge in [0.1, 0.15) is 24.2 Å². The van der Waals surface area contributed by atoms with Gasteiger partial charge in [0, 0.05) is 0 Å². The molecule has 3 aromatic rings. The van der Waals surface area contributed by atoms with Crippen LogP contribution in [0.25, 0.3) is 0 Å². The summed E-state index contributed by atoms with van der Waals surface area (Å²) in [4.78, 5) is 25.6. The van der Waals surface area contributed by atoms with E-state index in [-0.39, 0.29) is 35.5 Å². The summed E-state index contributed by atoms with van der Waals surface area (Å²) in [5.41, 5.74) is 1.91. The highest BCUT2D eigenvalue weighted by atomic mass is 32.2. The Morgan fingerprint density at radius 3 is 2.08 bits per heavy atom. The minimum absolute atomic E-state index is 0.0272. The lowest BCUT2D eigenvalue weighted by molar-refractivity contribution is -0.118. The number of ether oxygens (including phenoxy) is 2. The third-order valence-electron chi connectivity index (χ3n) is 5.18. The van der Waals surface area contributed by atoms with Gasteiger partial charge in [0.25, 0.3) is 0 Å². The average molecular weight is 511 g/mol. The van der Waals surface area contributed by atoms with E-state index >= 15 is 0 Å². The van der Waals surface area contributed by atoms with E-state index < -0.39 is 29.1 Å². The number of carbonyl (C=O) groups is 2. The van der Waals surface area contributed by atoms with Gasteiger partial charge in [-0.3, -0.25) is 4.79 Å². The summed E-state index contributed by atoms with van der Waals surface area (Å²) >= 11 is -2.34. The molecule has 3 aromatic carbocycles. The van der Waals surface area contributed by atoms with E-state index in [1.54, 1.807) is 12.1 Å². The standard InChI is InChI=1S/C27H30N2O6S/c1-19(2)16-23(29-27(31)35-18-21-12-7-4-8-13-21)26(30)28-22-14-9-15-24(36(32)33)25(22)34-17-20-10-5-3-6-11-20/h3-15,19,23H,16-18H2,1-2H3,(H,28,30)(H,29,31)(H,32,33)/t23-/m0/s1. The van der Waals surface area contributed by atoms with Gasteiger partial charge in [-0.05, 0) is 35.6 Å². The van der Waals surface area contributed by atoms with E-state index in [1.807, 2.05) is 74.5 Å². The molecule has 190 valence electrons. The van der Waals surface area contributed by atoms with Crippen LogP contribution in [-0.4, -0.2) is 26.8 Å². The molecule has 3 N–H and O–H groups in total. The number of hydrogen-bond donors (Lipinski definition) is 3. The van der Waals surface area contributed by atoms with E-state index in [9.17, 15) is 18.4 Å². The molecular weight excluding hydrogens is 480 g/mol. The summed E-state index contributed by atoms with van der Waals surface area (Å²) in [5, 5.41) is 5.38. The molecule has 36 heavy (non-hydrogen) atoms. The van der Waals surface area contributed by atoms with Crippen LogP contribution in [0.1, 0.15) is 31.4 Å². The molecule has 3 rings (SSSR count). The summed E-state index contributed by atoms with van der Waals surface area (Å²) < 4.78 is 32.8. The Hall–Kier alpha value is -3.69. The first-order valence-corrected chi connectivity index (χ1v) is 12.6. The van der Waals surface area contributed by atoms with Gasteiger partial charge in [0.15, 0.2) is 16.8 Å². The maximum Gasteiger partial charge on any atom is 0.408 e. The molecule has 0 aromatic heterocycles. The van der Waals surface area contributed by atoms with Crippen molar-refractivity contribution in [1.82, 2.24) is 5.32 Å². The first-order valence-electron chi connectivity index (χ1n) is 11.5. The minimum atomic E-state index is -2.34. The Morgan fingerprint density at radius 1 is 0.889 bits per heavy atom. The van der Waals surface area contributed by atoms with Crippen LogP contribution in [0.2, 0.25) is 0 Å². The van der Waals surface area contributed by atoms with Crippen LogP contribution < -0.4 is 15.4 Å². The quantitative estimate of drug-likeness (QED) is 0.308. The number of alkyl carbamates (subject to hydrolysis) is 1. The number of para-hydroxylation sites is 1. The van der Waals surface area contributed by atoms with Gasteiger partial charge in [-0.1, -0.05) is 80.6 Å². The van der Waals surface area contributed by atoms with Crippen molar-refractivity contribution in [3.05, 3.63) is 90.0 Å². The Bertz CT molecular complexity index is 1170. The van der Waals surface area contributed by atoms with Crippen LogP contribution in [-0.2, 0) is 33.8 Å². The second-order valence-electron chi connectivity index (χ2n) is 8.53. The molecule has 0 bridgehead atoms. The summed E-state index contributed by atoms with van der Waals surface area (Å²) in [7, 11) is 0. The molecule has 0 saturated heterocycles. The Labute approximate surface area is 213 Å². The highest BCUT2D eigenvalue weighted by molar-refractivity contribution is 7.79. The molecule has 1 unspecified atom stereocenters. The van der Waals surface area contributed by atoms with Crippen LogP contribution >= 0.6 is 0 Å². The summed E-state index contributed by atoms with van der Waals surface area (Å²) in [5.74, 6) is -0.309. The number of carbonyl (C=O) groups excluding carboxylic acids is 2. The fourth-order valence-electron chi connectivity index (χ4n) is 3.46. The predicted molar refractivity (Wildman–Crippen MR) is 138 cm³/mol. The summed E-state index contributed by atoms with van der Waals surface area (Å²) in [6, 6.07) is 22.2. The average Bonchev–Trinajstić information content (AvgIpc) is 2.87. The van der Waals surface area contributed by atoms with Crippen LogP contribution in [0.15, 0.2) is 83.8 Å². The van der Waals surface area contributed by atoms with Crippen molar-refractivity contribution in [3.8, 4) is 5.75 Å². The number of nitrogens with one attached hydrogen (secondary N) is 2. The molecular formula is C27H30N2O6S. The lowest BCUT2D eigenvalue weighted by atomic mass is 10.0. The number of amides is 2. The Balaban J connectivity index is 1.73. The minimum Gasteiger partial charge on any atom is -0.485 e. The monoisotopic (exact) mass is 510 g/mol. The molecule has 0 saturated carbocycles. The highest BCUT2D eigenvalue weighted by Gasteiger charge is 2.25. The topological polar surface area (TPSA) is 114 Å². The van der Waals surface area contributed by atoms with Gasteiger partial charge < -0.3 is 24.7 Å². The van der Waals surface area contributed by atoms with Crippen molar-refractivity contribution in [2.75, 3.05) is 5.32 Å². The lowest BCUT2D eigenvalue weighted by Crippen LogP contribution is -2.44. The maximum absolute atomic E-state index is 13.2. The van der Waals surface area contributed by atoms with Crippen molar-refractivity contribution in [3.63, 3.8) is 0 Å². The zero-order valence-electron chi connectivity index (χ0n) is 20.2. The normalized spacial score (nSPS) is 12.4. The number of rotatable bonds is 11. The molecule has 0 aliphatic heterocycles. The fourth-order valence-corrected chi connectivity index (χ4v) is 3.98. The molecule has 0 heterocycles. The van der Waals surface area contributed by atoms with Crippen molar-refractivity contribution < 1.29 is 27.8 Å². The number of anilines is 1. The third kappa shape index (κ3) is 8.21. The van der Waals surface area contributed by atoms with Crippen molar-refractivity contribution >= 4 is 28.8 Å². The Morgan fingerprint density at radius 2 is 1.50 bits per heavy atom. The Kier molecular flexibility index (Phi) is 10.0. The molecule has 0 aliphatic carbocycles. The van der Waals surface area contributed by atoms with Crippen LogP contribution in [0.4, 0.5) is 10.5 Å². The van der Waals surface area contributed by atoms with Crippen molar-refractivity contribution in [1.29, 1.82) is 0 Å². The van der Waals surface area contributed by atoms with Gasteiger partial charge in [-0.15, -0.1) is 0 Å². The van der Waals surface area contributed by atoms with Gasteiger partial charge >= 0.3 is 6.09 Å². The van der Waals surface area contributed by atoms with E-state index in [2.05, 4.69) is 10.6 Å². The van der Waals surface area contributed by atoms with E-state index in [4.69, 9.17) is 9.47 Å². The predicted octanol–water partition coefficient (Wildman–Crippen LogP) is 5.13. The van der Waals surface area contributed by atoms with E-state index in [0.717, 1.165) is 11.1 Å². The van der Waals surface area contributed by atoms with Gasteiger partial charge in [0.05, 0.1) is 5.69 Å². The molecule has 2 atom stereocenters. The highest BCUT2D eigenvalue weighted by Crippen LogP contribution is 2.32. The summed E-state index contributed by atoms with van der Waals surface area (Å²) in [6.45, 7) is 4.07. The van der Waals surface area contributed by atoms with Gasteiger partial charge in [0.2, 0.25) is 5.91 Å². The third-order valence-corrected chi connectivity index (χ3v) is 5.88. The van der Waals surface area contributed by atoms with Crippen molar-refractivity contribution in [2.24, 2.45) is 5.92 Å². The molecule has 9 heteroatoms. The SMILES string of the molecule is CC(C)C[C@H](NC(=O)OCc1ccccc1)C(=O)Nc1cccc(S(=O)O)c1OCc1ccccc1. The van der Waals surface area contributed by atoms with Crippen LogP contribution in [0.5, 0.6) is 5.75 Å². The second kappa shape index (κ2) is 13.4. The maximum atomic E-state index is 13.2. The largest absolute Gasteiger partial charge is 0.485 e. The molecule has 2 amide bonds. The van der Waals surface area contributed by atoms with Crippen LogP contribution in [0, 0.1) is 5.92 Å². The molecule has 0 aliphatic rings. The zero-order chi connectivity index (χ0) is 25.9. The first kappa shape index (κ1) is 26.9. The van der Waals surface area contributed by atoms with Gasteiger partial charge in [-0.2, -0.15) is 0 Å². The van der Waals surface area contributed by atoms with Crippen LogP contribution in [0.3, 0.4) is 0 Å². The lowest BCUT2D eigenvalue weighted by Gasteiger charge is -2.21. The van der Waals surface area contributed by atoms with Gasteiger partial charge in [-0.25, -0.2) is 9.00 Å². The fraction of sp³-hybridized carbons (Fsp3) is 0.259. The molecule has 8 nitrogen and oxygen atoms in total. The number of benzene rings is 3. The first-order chi connectivity index (χ1) is 17.3. The summed E-state index contributed by atoms with van der Waals surface area (Å²) in [6.07, 6.45) is -0.358. The number of hydrogen-bond acceptors (Lipinski definition) is 5. The molecule has 0 radical (unpaired) electrons. The smallest absolute Gasteiger partial charge is 0.408 e. The van der Waals surface area contributed by atoms with E-state index in [0.29, 0.717) is 6.42 Å².